The first-order valence-electron chi connectivity index (χ1n) is 11.8. The molecule has 0 bridgehead atoms. The maximum absolute atomic E-state index is 13.3. The highest BCUT2D eigenvalue weighted by molar-refractivity contribution is 5.98. The molecule has 0 saturated carbocycles. The van der Waals surface area contributed by atoms with Crippen molar-refractivity contribution in [3.63, 3.8) is 0 Å². The zero-order chi connectivity index (χ0) is 23.6. The van der Waals surface area contributed by atoms with Crippen LogP contribution in [0.25, 0.3) is 6.08 Å². The number of ketones is 1. The Morgan fingerprint density at radius 3 is 2.55 bits per heavy atom. The van der Waals surface area contributed by atoms with Crippen LogP contribution in [0.1, 0.15) is 61.0 Å². The Balaban J connectivity index is 1.68. The molecule has 2 aromatic rings. The summed E-state index contributed by atoms with van der Waals surface area (Å²) in [6.45, 7) is 5.21. The van der Waals surface area contributed by atoms with E-state index in [2.05, 4.69) is 37.4 Å². The van der Waals surface area contributed by atoms with Gasteiger partial charge in [-0.25, -0.2) is 0 Å². The van der Waals surface area contributed by atoms with Gasteiger partial charge in [0.25, 0.3) is 0 Å². The first kappa shape index (κ1) is 24.4. The number of carbonyl (C=O) groups is 2. The lowest BCUT2D eigenvalue weighted by Crippen LogP contribution is -2.53. The number of nitrogens with zero attached hydrogens (tertiary/aromatic N) is 2. The smallest absolute Gasteiger partial charge is 0.237 e. The van der Waals surface area contributed by atoms with Gasteiger partial charge >= 0.3 is 0 Å². The van der Waals surface area contributed by atoms with Gasteiger partial charge in [0, 0.05) is 5.56 Å². The number of nitrogens with one attached hydrogen (secondary N) is 1. The summed E-state index contributed by atoms with van der Waals surface area (Å²) in [4.78, 5) is 28.2. The van der Waals surface area contributed by atoms with Crippen molar-refractivity contribution >= 4 is 17.8 Å². The van der Waals surface area contributed by atoms with E-state index in [4.69, 9.17) is 5.26 Å². The number of hydrogen-bond acceptors (Lipinski definition) is 4. The highest BCUT2D eigenvalue weighted by Gasteiger charge is 2.31. The predicted molar refractivity (Wildman–Crippen MR) is 132 cm³/mol. The first-order valence-corrected chi connectivity index (χ1v) is 11.8. The number of nitriles is 1. The molecule has 0 spiro atoms. The quantitative estimate of drug-likeness (QED) is 0.563. The van der Waals surface area contributed by atoms with Gasteiger partial charge in [-0.2, -0.15) is 5.26 Å². The molecular weight excluding hydrogens is 410 g/mol. The largest absolute Gasteiger partial charge is 0.348 e. The number of benzene rings is 2. The molecule has 172 valence electrons. The Kier molecular flexibility index (Phi) is 8.97. The second-order valence-corrected chi connectivity index (χ2v) is 8.78. The summed E-state index contributed by atoms with van der Waals surface area (Å²) in [7, 11) is 0. The molecule has 0 aliphatic carbocycles. The molecule has 33 heavy (non-hydrogen) atoms. The van der Waals surface area contributed by atoms with Crippen LogP contribution in [0.5, 0.6) is 0 Å². The molecule has 1 saturated heterocycles. The Morgan fingerprint density at radius 1 is 1.15 bits per heavy atom. The van der Waals surface area contributed by atoms with Crippen molar-refractivity contribution in [3.05, 3.63) is 77.4 Å². The number of amides is 1. The van der Waals surface area contributed by atoms with Gasteiger partial charge in [0.2, 0.25) is 5.91 Å². The van der Waals surface area contributed by atoms with Crippen LogP contribution in [0.15, 0.2) is 60.7 Å². The summed E-state index contributed by atoms with van der Waals surface area (Å²) in [5.41, 5.74) is 2.20. The van der Waals surface area contributed by atoms with E-state index in [1.165, 1.54) is 0 Å². The zero-order valence-electron chi connectivity index (χ0n) is 19.5. The monoisotopic (exact) mass is 443 g/mol. The number of rotatable bonds is 9. The van der Waals surface area contributed by atoms with Gasteiger partial charge < -0.3 is 5.32 Å². The summed E-state index contributed by atoms with van der Waals surface area (Å²) in [5, 5.41) is 12.2. The molecule has 0 aromatic heterocycles. The summed E-state index contributed by atoms with van der Waals surface area (Å²) in [6.07, 6.45) is 7.80. The number of Topliss-reactive ketones (excluding diaryl/α,β-unsaturated/α-hetero) is 1. The number of carbonyl (C=O) groups excluding carboxylic acids is 2. The van der Waals surface area contributed by atoms with Crippen molar-refractivity contribution in [3.8, 4) is 6.07 Å². The number of hydrogen-bond donors (Lipinski definition) is 1. The summed E-state index contributed by atoms with van der Waals surface area (Å²) < 4.78 is 0. The van der Waals surface area contributed by atoms with Gasteiger partial charge in [0.1, 0.15) is 0 Å². The second kappa shape index (κ2) is 12.1. The van der Waals surface area contributed by atoms with Gasteiger partial charge in [-0.1, -0.05) is 81.3 Å². The molecule has 1 N–H and O–H groups in total. The van der Waals surface area contributed by atoms with Crippen LogP contribution in [0, 0.1) is 17.2 Å². The van der Waals surface area contributed by atoms with Crippen LogP contribution in [0.2, 0.25) is 0 Å². The SMILES string of the molecule is CC[C@H](C)[C@@H](/C=C/c1ccccc1)NC(=O)[C@@H]1CCCCN1CC(=O)c1ccc(C#N)cc1. The van der Waals surface area contributed by atoms with Crippen molar-refractivity contribution in [2.45, 2.75) is 51.6 Å². The standard InChI is InChI=1S/C28H33N3O2/c1-3-21(2)25(17-14-22-9-5-4-6-10-22)30-28(33)26-11-7-8-18-31(26)20-27(32)24-15-12-23(19-29)13-16-24/h4-6,9-10,12-17,21,25-26H,3,7-8,11,18,20H2,1-2H3,(H,30,33)/b17-14+/t21-,25+,26-/m0/s1. The van der Waals surface area contributed by atoms with E-state index >= 15 is 0 Å². The molecule has 1 fully saturated rings. The normalized spacial score (nSPS) is 18.4. The molecule has 2 aromatic carbocycles. The Hall–Kier alpha value is -3.23. The van der Waals surface area contributed by atoms with E-state index in [1.807, 2.05) is 35.2 Å². The van der Waals surface area contributed by atoms with Crippen LogP contribution < -0.4 is 5.32 Å². The Morgan fingerprint density at radius 2 is 1.88 bits per heavy atom. The molecule has 3 rings (SSSR count). The van der Waals surface area contributed by atoms with Crippen LogP contribution in [0.4, 0.5) is 0 Å². The third-order valence-electron chi connectivity index (χ3n) is 6.46. The summed E-state index contributed by atoms with van der Waals surface area (Å²) in [6, 6.07) is 18.5. The topological polar surface area (TPSA) is 73.2 Å². The van der Waals surface area contributed by atoms with Gasteiger partial charge in [-0.15, -0.1) is 0 Å². The van der Waals surface area contributed by atoms with Crippen molar-refractivity contribution < 1.29 is 9.59 Å². The lowest BCUT2D eigenvalue weighted by Gasteiger charge is -2.35. The van der Waals surface area contributed by atoms with Gasteiger partial charge in [-0.3, -0.25) is 14.5 Å². The molecular formula is C28H33N3O2. The van der Waals surface area contributed by atoms with Crippen LogP contribution in [-0.2, 0) is 4.79 Å². The number of likely N-dealkylation sites (tertiary alicyclic amines) is 1. The van der Waals surface area contributed by atoms with Crippen molar-refractivity contribution in [2.24, 2.45) is 5.92 Å². The minimum atomic E-state index is -0.308. The van der Waals surface area contributed by atoms with Crippen molar-refractivity contribution in [1.29, 1.82) is 5.26 Å². The maximum atomic E-state index is 13.3. The van der Waals surface area contributed by atoms with E-state index in [0.717, 1.165) is 37.8 Å². The molecule has 1 heterocycles. The molecule has 5 heteroatoms. The predicted octanol–water partition coefficient (Wildman–Crippen LogP) is 4.84. The summed E-state index contributed by atoms with van der Waals surface area (Å²) in [5.74, 6) is 0.262. The molecule has 1 amide bonds. The Labute approximate surface area is 197 Å². The lowest BCUT2D eigenvalue weighted by atomic mass is 9.95. The van der Waals surface area contributed by atoms with Crippen molar-refractivity contribution in [2.75, 3.05) is 13.1 Å². The third-order valence-corrected chi connectivity index (χ3v) is 6.46. The van der Waals surface area contributed by atoms with Gasteiger partial charge in [0.15, 0.2) is 5.78 Å². The lowest BCUT2D eigenvalue weighted by molar-refractivity contribution is -0.128. The highest BCUT2D eigenvalue weighted by atomic mass is 16.2. The first-order chi connectivity index (χ1) is 16.0. The second-order valence-electron chi connectivity index (χ2n) is 8.78. The van der Waals surface area contributed by atoms with Crippen molar-refractivity contribution in [1.82, 2.24) is 10.2 Å². The fourth-order valence-electron chi connectivity index (χ4n) is 4.16. The third kappa shape index (κ3) is 6.87. The fourth-order valence-corrected chi connectivity index (χ4v) is 4.16. The minimum absolute atomic E-state index is 0.00894. The van der Waals surface area contributed by atoms with Crippen LogP contribution in [0.3, 0.4) is 0 Å². The molecule has 1 aliphatic rings. The molecule has 0 radical (unpaired) electrons. The van der Waals surface area contributed by atoms with Gasteiger partial charge in [-0.05, 0) is 43.0 Å². The number of piperidine rings is 1. The van der Waals surface area contributed by atoms with Crippen LogP contribution in [-0.4, -0.2) is 41.8 Å². The van der Waals surface area contributed by atoms with E-state index in [9.17, 15) is 9.59 Å². The molecule has 1 aliphatic heterocycles. The molecule has 0 unspecified atom stereocenters. The minimum Gasteiger partial charge on any atom is -0.348 e. The molecule has 3 atom stereocenters. The van der Waals surface area contributed by atoms with E-state index in [-0.39, 0.29) is 30.3 Å². The highest BCUT2D eigenvalue weighted by Crippen LogP contribution is 2.20. The van der Waals surface area contributed by atoms with E-state index in [0.29, 0.717) is 17.0 Å². The average molecular weight is 444 g/mol. The van der Waals surface area contributed by atoms with E-state index < -0.39 is 0 Å². The Bertz CT molecular complexity index is 992. The zero-order valence-corrected chi connectivity index (χ0v) is 19.5. The maximum Gasteiger partial charge on any atom is 0.237 e. The van der Waals surface area contributed by atoms with E-state index in [1.54, 1.807) is 24.3 Å². The molecule has 5 nitrogen and oxygen atoms in total. The van der Waals surface area contributed by atoms with Crippen LogP contribution >= 0.6 is 0 Å². The van der Waals surface area contributed by atoms with Gasteiger partial charge in [0.05, 0.1) is 30.3 Å². The summed E-state index contributed by atoms with van der Waals surface area (Å²) >= 11 is 0. The fraction of sp³-hybridized carbons (Fsp3) is 0.393. The average Bonchev–Trinajstić information content (AvgIpc) is 2.86.